The van der Waals surface area contributed by atoms with E-state index in [4.69, 9.17) is 0 Å². The number of hydrogen-bond donors (Lipinski definition) is 2. The van der Waals surface area contributed by atoms with E-state index in [1.165, 1.54) is 24.3 Å². The lowest BCUT2D eigenvalue weighted by atomic mass is 9.78. The topological polar surface area (TPSA) is 35.5 Å². The third-order valence-corrected chi connectivity index (χ3v) is 3.08. The molecule has 0 aromatic carbocycles. The van der Waals surface area contributed by atoms with E-state index in [2.05, 4.69) is 5.32 Å². The molecule has 2 aliphatic heterocycles. The molecule has 0 aromatic heterocycles. The first-order chi connectivity index (χ1) is 5.31. The third-order valence-electron chi connectivity index (χ3n) is 3.08. The maximum Gasteiger partial charge on any atom is 0.0296 e. The van der Waals surface area contributed by atoms with E-state index in [0.29, 0.717) is 5.41 Å². The van der Waals surface area contributed by atoms with Gasteiger partial charge >= 0.3 is 0 Å². The molecule has 0 aromatic rings. The summed E-state index contributed by atoms with van der Waals surface area (Å²) in [6.07, 6.45) is 3.67. The molecule has 2 heterocycles. The molecule has 2 saturated heterocycles. The first kappa shape index (κ1) is 7.53. The summed E-state index contributed by atoms with van der Waals surface area (Å²) in [5, 5.41) is 14.1. The van der Waals surface area contributed by atoms with Crippen molar-refractivity contribution < 1.29 is 5.21 Å². The molecule has 3 heteroatoms. The van der Waals surface area contributed by atoms with Gasteiger partial charge in [-0.05, 0) is 37.8 Å². The molecule has 0 radical (unpaired) electrons. The summed E-state index contributed by atoms with van der Waals surface area (Å²) in [6, 6.07) is 0. The van der Waals surface area contributed by atoms with Gasteiger partial charge < -0.3 is 10.5 Å². The van der Waals surface area contributed by atoms with Crippen LogP contribution >= 0.6 is 0 Å². The Morgan fingerprint density at radius 2 is 1.91 bits per heavy atom. The number of piperidine rings is 1. The standard InChI is InChI=1S/C8H16N2O/c11-10-6-3-8(7-10)1-4-9-5-2-8/h9,11H,1-7H2. The van der Waals surface area contributed by atoms with E-state index in [1.807, 2.05) is 0 Å². The fourth-order valence-electron chi connectivity index (χ4n) is 2.28. The summed E-state index contributed by atoms with van der Waals surface area (Å²) >= 11 is 0. The molecule has 2 N–H and O–H groups in total. The smallest absolute Gasteiger partial charge is 0.0296 e. The number of nitrogens with zero attached hydrogens (tertiary/aromatic N) is 1. The Morgan fingerprint density at radius 3 is 2.45 bits per heavy atom. The van der Waals surface area contributed by atoms with E-state index < -0.39 is 0 Å². The zero-order valence-corrected chi connectivity index (χ0v) is 6.84. The van der Waals surface area contributed by atoms with Gasteiger partial charge in [0.1, 0.15) is 0 Å². The van der Waals surface area contributed by atoms with Crippen LogP contribution in [0.15, 0.2) is 0 Å². The molecule has 2 fully saturated rings. The first-order valence-corrected chi connectivity index (χ1v) is 4.45. The Morgan fingerprint density at radius 1 is 1.18 bits per heavy atom. The van der Waals surface area contributed by atoms with Gasteiger partial charge in [-0.15, -0.1) is 0 Å². The molecule has 2 aliphatic rings. The SMILES string of the molecule is ON1CCC2(CCNCC2)C1. The number of hydrogen-bond acceptors (Lipinski definition) is 3. The van der Waals surface area contributed by atoms with E-state index in [1.54, 1.807) is 0 Å². The Bertz CT molecular complexity index is 138. The fraction of sp³-hybridized carbons (Fsp3) is 1.00. The van der Waals surface area contributed by atoms with Gasteiger partial charge in [-0.25, -0.2) is 0 Å². The predicted molar refractivity (Wildman–Crippen MR) is 42.5 cm³/mol. The Hall–Kier alpha value is -0.120. The zero-order valence-electron chi connectivity index (χ0n) is 6.84. The monoisotopic (exact) mass is 156 g/mol. The van der Waals surface area contributed by atoms with Crippen molar-refractivity contribution in [2.24, 2.45) is 5.41 Å². The summed E-state index contributed by atoms with van der Waals surface area (Å²) in [7, 11) is 0. The highest BCUT2D eigenvalue weighted by atomic mass is 16.5. The molecule has 3 nitrogen and oxygen atoms in total. The second-order valence-corrected chi connectivity index (χ2v) is 3.89. The van der Waals surface area contributed by atoms with Crippen molar-refractivity contribution in [1.29, 1.82) is 0 Å². The molecule has 0 amide bonds. The third kappa shape index (κ3) is 1.41. The minimum atomic E-state index is 0.458. The molecule has 2 rings (SSSR count). The number of rotatable bonds is 0. The molecule has 64 valence electrons. The first-order valence-electron chi connectivity index (χ1n) is 4.45. The Kier molecular flexibility index (Phi) is 1.87. The van der Waals surface area contributed by atoms with Crippen LogP contribution in [0.3, 0.4) is 0 Å². The van der Waals surface area contributed by atoms with Crippen molar-refractivity contribution in [2.75, 3.05) is 26.2 Å². The van der Waals surface area contributed by atoms with Crippen LogP contribution in [0.2, 0.25) is 0 Å². The summed E-state index contributed by atoms with van der Waals surface area (Å²) in [5.74, 6) is 0. The highest BCUT2D eigenvalue weighted by Crippen LogP contribution is 2.37. The molecular weight excluding hydrogens is 140 g/mol. The van der Waals surface area contributed by atoms with Gasteiger partial charge in [-0.3, -0.25) is 0 Å². The van der Waals surface area contributed by atoms with Gasteiger partial charge in [-0.1, -0.05) is 0 Å². The lowest BCUT2D eigenvalue weighted by molar-refractivity contribution is -0.0792. The molecule has 0 bridgehead atoms. The molecular formula is C8H16N2O. The maximum absolute atomic E-state index is 9.26. The van der Waals surface area contributed by atoms with Crippen molar-refractivity contribution >= 4 is 0 Å². The van der Waals surface area contributed by atoms with E-state index >= 15 is 0 Å². The Balaban J connectivity index is 1.98. The molecule has 11 heavy (non-hydrogen) atoms. The average Bonchev–Trinajstić information content (AvgIpc) is 2.34. The van der Waals surface area contributed by atoms with Gasteiger partial charge in [0.15, 0.2) is 0 Å². The Labute approximate surface area is 67.3 Å². The van der Waals surface area contributed by atoms with Crippen molar-refractivity contribution in [3.05, 3.63) is 0 Å². The van der Waals surface area contributed by atoms with Crippen LogP contribution in [-0.4, -0.2) is 36.4 Å². The average molecular weight is 156 g/mol. The number of hydroxylamine groups is 2. The van der Waals surface area contributed by atoms with Gasteiger partial charge in [0.2, 0.25) is 0 Å². The van der Waals surface area contributed by atoms with Crippen LogP contribution in [0.5, 0.6) is 0 Å². The van der Waals surface area contributed by atoms with Gasteiger partial charge in [-0.2, -0.15) is 5.06 Å². The van der Waals surface area contributed by atoms with Crippen LogP contribution in [0.4, 0.5) is 0 Å². The lowest BCUT2D eigenvalue weighted by Gasteiger charge is -2.32. The van der Waals surface area contributed by atoms with Crippen LogP contribution in [0.1, 0.15) is 19.3 Å². The van der Waals surface area contributed by atoms with Crippen molar-refractivity contribution in [1.82, 2.24) is 10.4 Å². The lowest BCUT2D eigenvalue weighted by Crippen LogP contribution is -2.38. The zero-order chi connectivity index (χ0) is 7.73. The highest BCUT2D eigenvalue weighted by Gasteiger charge is 2.38. The predicted octanol–water partition coefficient (Wildman–Crippen LogP) is 0.451. The van der Waals surface area contributed by atoms with Gasteiger partial charge in [0.05, 0.1) is 0 Å². The van der Waals surface area contributed by atoms with Crippen LogP contribution in [-0.2, 0) is 0 Å². The second kappa shape index (κ2) is 2.73. The van der Waals surface area contributed by atoms with E-state index in [9.17, 15) is 5.21 Å². The minimum Gasteiger partial charge on any atom is -0.317 e. The van der Waals surface area contributed by atoms with E-state index in [0.717, 1.165) is 26.2 Å². The van der Waals surface area contributed by atoms with Crippen molar-refractivity contribution in [3.8, 4) is 0 Å². The quantitative estimate of drug-likeness (QED) is 0.534. The van der Waals surface area contributed by atoms with Gasteiger partial charge in [0, 0.05) is 13.1 Å². The molecule has 0 saturated carbocycles. The second-order valence-electron chi connectivity index (χ2n) is 3.89. The molecule has 0 aliphatic carbocycles. The summed E-state index contributed by atoms with van der Waals surface area (Å²) in [4.78, 5) is 0. The van der Waals surface area contributed by atoms with Crippen LogP contribution in [0.25, 0.3) is 0 Å². The largest absolute Gasteiger partial charge is 0.317 e. The molecule has 0 atom stereocenters. The maximum atomic E-state index is 9.26. The minimum absolute atomic E-state index is 0.458. The van der Waals surface area contributed by atoms with Crippen LogP contribution < -0.4 is 5.32 Å². The number of nitrogens with one attached hydrogen (secondary N) is 1. The van der Waals surface area contributed by atoms with E-state index in [-0.39, 0.29) is 0 Å². The van der Waals surface area contributed by atoms with Crippen molar-refractivity contribution in [3.63, 3.8) is 0 Å². The normalized spacial score (nSPS) is 31.4. The highest BCUT2D eigenvalue weighted by molar-refractivity contribution is 4.90. The van der Waals surface area contributed by atoms with Crippen LogP contribution in [0, 0.1) is 5.41 Å². The molecule has 1 spiro atoms. The van der Waals surface area contributed by atoms with Crippen molar-refractivity contribution in [2.45, 2.75) is 19.3 Å². The van der Waals surface area contributed by atoms with Gasteiger partial charge in [0.25, 0.3) is 0 Å². The summed E-state index contributed by atoms with van der Waals surface area (Å²) in [5.41, 5.74) is 0.458. The fourth-order valence-corrected chi connectivity index (χ4v) is 2.28. The molecule has 0 unspecified atom stereocenters. The summed E-state index contributed by atoms with van der Waals surface area (Å²) < 4.78 is 0. The summed E-state index contributed by atoms with van der Waals surface area (Å²) in [6.45, 7) is 4.04.